The largest absolute Gasteiger partial charge is 0.301 e. The van der Waals surface area contributed by atoms with Gasteiger partial charge in [0.1, 0.15) is 0 Å². The molecule has 0 N–H and O–H groups in total. The van der Waals surface area contributed by atoms with Gasteiger partial charge < -0.3 is 4.90 Å². The molecule has 0 amide bonds. The molecule has 1 aromatic rings. The second-order valence-corrected chi connectivity index (χ2v) is 5.00. The summed E-state index contributed by atoms with van der Waals surface area (Å²) < 4.78 is 0.838. The maximum absolute atomic E-state index is 8.39. The molecule has 0 aliphatic carbocycles. The van der Waals surface area contributed by atoms with Gasteiger partial charge in [-0.05, 0) is 32.1 Å². The molecular weight excluding hydrogens is 216 g/mol. The summed E-state index contributed by atoms with van der Waals surface area (Å²) in [6.45, 7) is 1.88. The lowest BCUT2D eigenvalue weighted by molar-refractivity contribution is 0.326. The Kier molecular flexibility index (Phi) is 4.95. The average molecular weight is 229 g/mol. The Morgan fingerprint density at radius 2 is 2.36 bits per heavy atom. The Bertz CT molecular complexity index is 316. The van der Waals surface area contributed by atoms with Crippen molar-refractivity contribution < 1.29 is 0 Å². The van der Waals surface area contributed by atoms with Crippen molar-refractivity contribution in [2.75, 3.05) is 13.6 Å². The van der Waals surface area contributed by atoms with E-state index in [1.807, 2.05) is 12.1 Å². The molecule has 1 rings (SSSR count). The summed E-state index contributed by atoms with van der Waals surface area (Å²) in [7, 11) is 2.06. The van der Waals surface area contributed by atoms with Gasteiger partial charge >= 0.3 is 0 Å². The third kappa shape index (κ3) is 4.10. The first-order valence-electron chi connectivity index (χ1n) is 4.52. The highest BCUT2D eigenvalue weighted by Crippen LogP contribution is 2.22. The van der Waals surface area contributed by atoms with E-state index in [1.54, 1.807) is 11.3 Å². The lowest BCUT2D eigenvalue weighted by atomic mass is 10.3. The zero-order chi connectivity index (χ0) is 10.4. The number of halogens is 1. The monoisotopic (exact) mass is 228 g/mol. The number of unbranched alkanes of at least 4 members (excludes halogenated alkanes) is 1. The van der Waals surface area contributed by atoms with Crippen LogP contribution in [0.15, 0.2) is 12.1 Å². The van der Waals surface area contributed by atoms with Crippen LogP contribution in [-0.4, -0.2) is 18.5 Å². The maximum atomic E-state index is 8.39. The average Bonchev–Trinajstić information content (AvgIpc) is 2.52. The van der Waals surface area contributed by atoms with E-state index in [9.17, 15) is 0 Å². The predicted molar refractivity (Wildman–Crippen MR) is 60.5 cm³/mol. The first-order chi connectivity index (χ1) is 6.72. The SMILES string of the molecule is CN(CCCC#N)Cc1ccc(Cl)s1. The molecular formula is C10H13ClN2S. The van der Waals surface area contributed by atoms with E-state index in [0.29, 0.717) is 6.42 Å². The summed E-state index contributed by atoms with van der Waals surface area (Å²) in [6, 6.07) is 6.12. The molecule has 1 aromatic heterocycles. The maximum Gasteiger partial charge on any atom is 0.0931 e. The van der Waals surface area contributed by atoms with Crippen LogP contribution in [0.3, 0.4) is 0 Å². The van der Waals surface area contributed by atoms with E-state index in [-0.39, 0.29) is 0 Å². The molecule has 0 atom stereocenters. The fraction of sp³-hybridized carbons (Fsp3) is 0.500. The molecule has 0 bridgehead atoms. The normalized spacial score (nSPS) is 10.4. The van der Waals surface area contributed by atoms with Crippen molar-refractivity contribution in [3.05, 3.63) is 21.3 Å². The second kappa shape index (κ2) is 6.02. The van der Waals surface area contributed by atoms with Crippen molar-refractivity contribution in [1.82, 2.24) is 4.90 Å². The highest BCUT2D eigenvalue weighted by atomic mass is 35.5. The van der Waals surface area contributed by atoms with Crippen LogP contribution >= 0.6 is 22.9 Å². The van der Waals surface area contributed by atoms with E-state index in [2.05, 4.69) is 18.0 Å². The summed E-state index contributed by atoms with van der Waals surface area (Å²) in [4.78, 5) is 3.48. The second-order valence-electron chi connectivity index (χ2n) is 3.21. The van der Waals surface area contributed by atoms with Crippen LogP contribution in [0.1, 0.15) is 17.7 Å². The van der Waals surface area contributed by atoms with Crippen molar-refractivity contribution in [3.8, 4) is 6.07 Å². The molecule has 0 fully saturated rings. The number of hydrogen-bond donors (Lipinski definition) is 0. The smallest absolute Gasteiger partial charge is 0.0931 e. The minimum atomic E-state index is 0.634. The third-order valence-corrected chi connectivity index (χ3v) is 3.10. The number of nitriles is 1. The van der Waals surface area contributed by atoms with Gasteiger partial charge in [-0.2, -0.15) is 5.26 Å². The quantitative estimate of drug-likeness (QED) is 0.724. The molecule has 4 heteroatoms. The van der Waals surface area contributed by atoms with Gasteiger partial charge in [0.15, 0.2) is 0 Å². The summed E-state index contributed by atoms with van der Waals surface area (Å²) >= 11 is 7.44. The van der Waals surface area contributed by atoms with E-state index >= 15 is 0 Å². The third-order valence-electron chi connectivity index (χ3n) is 1.88. The van der Waals surface area contributed by atoms with Gasteiger partial charge in [0.05, 0.1) is 10.4 Å². The predicted octanol–water partition coefficient (Wildman–Crippen LogP) is 3.14. The van der Waals surface area contributed by atoms with Crippen LogP contribution in [0, 0.1) is 11.3 Å². The van der Waals surface area contributed by atoms with Gasteiger partial charge in [-0.3, -0.25) is 0 Å². The fourth-order valence-corrected chi connectivity index (χ4v) is 2.38. The molecule has 0 unspecified atom stereocenters. The lowest BCUT2D eigenvalue weighted by Crippen LogP contribution is -2.18. The zero-order valence-corrected chi connectivity index (χ0v) is 9.74. The Hall–Kier alpha value is -0.560. The van der Waals surface area contributed by atoms with Crippen LogP contribution < -0.4 is 0 Å². The van der Waals surface area contributed by atoms with Gasteiger partial charge in [0.25, 0.3) is 0 Å². The number of thiophene rings is 1. The molecule has 14 heavy (non-hydrogen) atoms. The Morgan fingerprint density at radius 3 is 2.93 bits per heavy atom. The number of nitrogens with zero attached hydrogens (tertiary/aromatic N) is 2. The Morgan fingerprint density at radius 1 is 1.57 bits per heavy atom. The van der Waals surface area contributed by atoms with Gasteiger partial charge in [0.2, 0.25) is 0 Å². The molecule has 0 aliphatic rings. The van der Waals surface area contributed by atoms with Gasteiger partial charge in [-0.15, -0.1) is 11.3 Å². The highest BCUT2D eigenvalue weighted by molar-refractivity contribution is 7.16. The highest BCUT2D eigenvalue weighted by Gasteiger charge is 2.02. The summed E-state index contributed by atoms with van der Waals surface area (Å²) in [5, 5.41) is 8.39. The minimum absolute atomic E-state index is 0.634. The minimum Gasteiger partial charge on any atom is -0.301 e. The van der Waals surface area contributed by atoms with Gasteiger partial charge in [-0.25, -0.2) is 0 Å². The molecule has 0 saturated carbocycles. The van der Waals surface area contributed by atoms with Gasteiger partial charge in [0, 0.05) is 17.8 Å². The molecule has 0 spiro atoms. The van der Waals surface area contributed by atoms with Crippen LogP contribution in [0.4, 0.5) is 0 Å². The molecule has 0 saturated heterocycles. The molecule has 0 aromatic carbocycles. The van der Waals surface area contributed by atoms with Crippen molar-refractivity contribution in [3.63, 3.8) is 0 Å². The number of hydrogen-bond acceptors (Lipinski definition) is 3. The molecule has 1 heterocycles. The van der Waals surface area contributed by atoms with Crippen LogP contribution in [0.2, 0.25) is 4.34 Å². The van der Waals surface area contributed by atoms with Crippen molar-refractivity contribution in [2.24, 2.45) is 0 Å². The molecule has 76 valence electrons. The summed E-state index contributed by atoms with van der Waals surface area (Å²) in [5.41, 5.74) is 0. The fourth-order valence-electron chi connectivity index (χ4n) is 1.21. The van der Waals surface area contributed by atoms with Crippen LogP contribution in [0.5, 0.6) is 0 Å². The summed E-state index contributed by atoms with van der Waals surface area (Å²) in [6.07, 6.45) is 1.57. The van der Waals surface area contributed by atoms with Crippen LogP contribution in [0.25, 0.3) is 0 Å². The van der Waals surface area contributed by atoms with Crippen molar-refractivity contribution in [2.45, 2.75) is 19.4 Å². The molecule has 2 nitrogen and oxygen atoms in total. The van der Waals surface area contributed by atoms with E-state index in [0.717, 1.165) is 23.8 Å². The Balaban J connectivity index is 2.27. The Labute approximate surface area is 93.7 Å². The van der Waals surface area contributed by atoms with Crippen LogP contribution in [-0.2, 0) is 6.54 Å². The van der Waals surface area contributed by atoms with Crippen molar-refractivity contribution in [1.29, 1.82) is 5.26 Å². The standard InChI is InChI=1S/C10H13ClN2S/c1-13(7-3-2-6-12)8-9-4-5-10(11)14-9/h4-5H,2-3,7-8H2,1H3. The van der Waals surface area contributed by atoms with Crippen molar-refractivity contribution >= 4 is 22.9 Å². The topological polar surface area (TPSA) is 27.0 Å². The summed E-state index contributed by atoms with van der Waals surface area (Å²) in [5.74, 6) is 0. The molecule has 0 radical (unpaired) electrons. The zero-order valence-electron chi connectivity index (χ0n) is 8.16. The van der Waals surface area contributed by atoms with E-state index in [4.69, 9.17) is 16.9 Å². The first-order valence-corrected chi connectivity index (χ1v) is 5.71. The first kappa shape index (κ1) is 11.5. The van der Waals surface area contributed by atoms with E-state index in [1.165, 1.54) is 4.88 Å². The lowest BCUT2D eigenvalue weighted by Gasteiger charge is -2.13. The van der Waals surface area contributed by atoms with E-state index < -0.39 is 0 Å². The molecule has 0 aliphatic heterocycles. The number of rotatable bonds is 5. The van der Waals surface area contributed by atoms with Gasteiger partial charge in [-0.1, -0.05) is 11.6 Å².